The van der Waals surface area contributed by atoms with Crippen LogP contribution in [0.4, 0.5) is 0 Å². The molecule has 0 heterocycles. The number of ether oxygens (including phenoxy) is 1. The summed E-state index contributed by atoms with van der Waals surface area (Å²) >= 11 is 5.89. The quantitative estimate of drug-likeness (QED) is 0.732. The second kappa shape index (κ2) is 8.29. The van der Waals surface area contributed by atoms with Crippen molar-refractivity contribution in [3.8, 4) is 5.75 Å². The molecule has 0 aromatic heterocycles. The van der Waals surface area contributed by atoms with Crippen molar-refractivity contribution in [3.05, 3.63) is 58.6 Å². The molecule has 6 nitrogen and oxygen atoms in total. The van der Waals surface area contributed by atoms with Crippen LogP contribution in [0.3, 0.4) is 0 Å². The molecule has 144 valence electrons. The van der Waals surface area contributed by atoms with Gasteiger partial charge in [0.2, 0.25) is 10.0 Å². The molecule has 0 radical (unpaired) electrons. The number of sulfonamides is 1. The van der Waals surface area contributed by atoms with Crippen molar-refractivity contribution in [3.63, 3.8) is 0 Å². The lowest BCUT2D eigenvalue weighted by molar-refractivity contribution is -0.139. The molecule has 0 bridgehead atoms. The van der Waals surface area contributed by atoms with E-state index in [1.807, 2.05) is 6.07 Å². The van der Waals surface area contributed by atoms with Crippen molar-refractivity contribution in [1.29, 1.82) is 0 Å². The van der Waals surface area contributed by atoms with Gasteiger partial charge in [0.15, 0.2) is 6.61 Å². The van der Waals surface area contributed by atoms with Crippen LogP contribution in [0, 0.1) is 0 Å². The number of hydrogen-bond acceptors (Lipinski definition) is 4. The Hall–Kier alpha value is -2.09. The Balaban J connectivity index is 1.76. The number of aliphatic carboxylic acids is 1. The van der Waals surface area contributed by atoms with Crippen LogP contribution >= 0.6 is 11.6 Å². The van der Waals surface area contributed by atoms with Crippen LogP contribution in [-0.4, -0.2) is 32.6 Å². The minimum absolute atomic E-state index is 0.00362. The molecule has 1 atom stereocenters. The van der Waals surface area contributed by atoms with E-state index in [1.54, 1.807) is 24.3 Å². The van der Waals surface area contributed by atoms with Crippen molar-refractivity contribution >= 4 is 27.6 Å². The van der Waals surface area contributed by atoms with E-state index < -0.39 is 22.6 Å². The molecule has 0 fully saturated rings. The lowest BCUT2D eigenvalue weighted by atomic mass is 9.82. The fraction of sp³-hybridized carbons (Fsp3) is 0.316. The summed E-state index contributed by atoms with van der Waals surface area (Å²) in [5.41, 5.74) is 1.95. The third kappa shape index (κ3) is 4.80. The van der Waals surface area contributed by atoms with Gasteiger partial charge in [0.05, 0.1) is 4.90 Å². The first-order valence-corrected chi connectivity index (χ1v) is 10.4. The Kier molecular flexibility index (Phi) is 6.04. The van der Waals surface area contributed by atoms with E-state index in [1.165, 1.54) is 12.1 Å². The molecule has 0 aliphatic heterocycles. The summed E-state index contributed by atoms with van der Waals surface area (Å²) in [5.74, 6) is -0.484. The van der Waals surface area contributed by atoms with Gasteiger partial charge < -0.3 is 9.84 Å². The standard InChI is InChI=1S/C19H20ClNO5S/c20-14-5-2-6-15(10-14)27(24,25)21-11-13-4-1-8-17-16(13)7-3-9-18(17)26-12-19(22)23/h2-3,5-7,9-10,13,21H,1,4,8,11-12H2,(H,22,23). The van der Waals surface area contributed by atoms with Crippen LogP contribution in [0.2, 0.25) is 5.02 Å². The molecular formula is C19H20ClNO5S. The largest absolute Gasteiger partial charge is 0.482 e. The highest BCUT2D eigenvalue weighted by molar-refractivity contribution is 7.89. The Morgan fingerprint density at radius 3 is 2.78 bits per heavy atom. The number of fused-ring (bicyclic) bond motifs is 1. The van der Waals surface area contributed by atoms with E-state index >= 15 is 0 Å². The van der Waals surface area contributed by atoms with E-state index in [4.69, 9.17) is 21.4 Å². The Morgan fingerprint density at radius 1 is 1.26 bits per heavy atom. The summed E-state index contributed by atoms with van der Waals surface area (Å²) in [6, 6.07) is 11.6. The molecule has 2 N–H and O–H groups in total. The van der Waals surface area contributed by atoms with Gasteiger partial charge in [0.25, 0.3) is 0 Å². The highest BCUT2D eigenvalue weighted by Gasteiger charge is 2.25. The van der Waals surface area contributed by atoms with Gasteiger partial charge in [-0.15, -0.1) is 0 Å². The number of hydrogen-bond donors (Lipinski definition) is 2. The molecule has 0 spiro atoms. The Morgan fingerprint density at radius 2 is 2.04 bits per heavy atom. The molecule has 0 amide bonds. The van der Waals surface area contributed by atoms with E-state index in [2.05, 4.69) is 4.72 Å². The summed E-state index contributed by atoms with van der Waals surface area (Å²) in [6.45, 7) is -0.146. The zero-order chi connectivity index (χ0) is 19.4. The first-order valence-electron chi connectivity index (χ1n) is 8.58. The summed E-state index contributed by atoms with van der Waals surface area (Å²) in [5, 5.41) is 9.18. The van der Waals surface area contributed by atoms with Crippen LogP contribution in [0.5, 0.6) is 5.75 Å². The van der Waals surface area contributed by atoms with E-state index in [0.717, 1.165) is 30.4 Å². The van der Waals surface area contributed by atoms with Gasteiger partial charge in [-0.1, -0.05) is 29.8 Å². The first kappa shape index (κ1) is 19.7. The Labute approximate surface area is 163 Å². The van der Waals surface area contributed by atoms with Gasteiger partial charge >= 0.3 is 5.97 Å². The normalized spacial score (nSPS) is 16.6. The predicted octanol–water partition coefficient (Wildman–Crippen LogP) is 3.20. The molecule has 1 aliphatic carbocycles. The maximum atomic E-state index is 12.5. The van der Waals surface area contributed by atoms with Crippen LogP contribution in [0.25, 0.3) is 0 Å². The summed E-state index contributed by atoms with van der Waals surface area (Å²) in [4.78, 5) is 10.9. The molecule has 0 saturated carbocycles. The zero-order valence-corrected chi connectivity index (χ0v) is 16.1. The summed E-state index contributed by atoms with van der Waals surface area (Å²) < 4.78 is 33.1. The van der Waals surface area contributed by atoms with Gasteiger partial charge in [-0.2, -0.15) is 0 Å². The molecule has 2 aromatic rings. The highest BCUT2D eigenvalue weighted by atomic mass is 35.5. The molecule has 0 saturated heterocycles. The lowest BCUT2D eigenvalue weighted by Gasteiger charge is -2.27. The zero-order valence-electron chi connectivity index (χ0n) is 14.5. The monoisotopic (exact) mass is 409 g/mol. The Bertz CT molecular complexity index is 945. The second-order valence-corrected chi connectivity index (χ2v) is 8.61. The number of nitrogens with one attached hydrogen (secondary N) is 1. The van der Waals surface area contributed by atoms with Gasteiger partial charge in [-0.25, -0.2) is 17.9 Å². The third-order valence-electron chi connectivity index (χ3n) is 4.57. The molecule has 1 aliphatic rings. The molecule has 8 heteroatoms. The number of halogens is 1. The minimum Gasteiger partial charge on any atom is -0.482 e. The fourth-order valence-electron chi connectivity index (χ4n) is 3.33. The van der Waals surface area contributed by atoms with E-state index in [-0.39, 0.29) is 17.4 Å². The number of carboxylic acid groups (broad SMARTS) is 1. The van der Waals surface area contributed by atoms with Crippen molar-refractivity contribution < 1.29 is 23.1 Å². The van der Waals surface area contributed by atoms with Gasteiger partial charge in [0.1, 0.15) is 5.75 Å². The van der Waals surface area contributed by atoms with Crippen molar-refractivity contribution in [1.82, 2.24) is 4.72 Å². The van der Waals surface area contributed by atoms with Gasteiger partial charge in [0, 0.05) is 11.6 Å². The fourth-order valence-corrected chi connectivity index (χ4v) is 4.71. The summed E-state index contributed by atoms with van der Waals surface area (Å²) in [6.07, 6.45) is 2.50. The minimum atomic E-state index is -3.66. The van der Waals surface area contributed by atoms with Crippen LogP contribution < -0.4 is 9.46 Å². The first-order chi connectivity index (χ1) is 12.9. The second-order valence-electron chi connectivity index (χ2n) is 6.40. The molecule has 3 rings (SSSR count). The van der Waals surface area contributed by atoms with Gasteiger partial charge in [-0.3, -0.25) is 0 Å². The third-order valence-corrected chi connectivity index (χ3v) is 6.22. The average Bonchev–Trinajstić information content (AvgIpc) is 2.64. The summed E-state index contributed by atoms with van der Waals surface area (Å²) in [7, 11) is -3.66. The van der Waals surface area contributed by atoms with Crippen LogP contribution in [-0.2, 0) is 21.2 Å². The van der Waals surface area contributed by atoms with Crippen molar-refractivity contribution in [2.75, 3.05) is 13.2 Å². The number of carbonyl (C=O) groups is 1. The molecule has 2 aromatic carbocycles. The van der Waals surface area contributed by atoms with E-state index in [0.29, 0.717) is 10.8 Å². The molecular weight excluding hydrogens is 390 g/mol. The highest BCUT2D eigenvalue weighted by Crippen LogP contribution is 2.36. The average molecular weight is 410 g/mol. The van der Waals surface area contributed by atoms with Crippen LogP contribution in [0.1, 0.15) is 29.9 Å². The molecule has 1 unspecified atom stereocenters. The topological polar surface area (TPSA) is 92.7 Å². The van der Waals surface area contributed by atoms with Crippen LogP contribution in [0.15, 0.2) is 47.4 Å². The number of rotatable bonds is 7. The smallest absolute Gasteiger partial charge is 0.341 e. The number of carboxylic acids is 1. The maximum Gasteiger partial charge on any atom is 0.341 e. The predicted molar refractivity (Wildman–Crippen MR) is 102 cm³/mol. The van der Waals surface area contributed by atoms with Gasteiger partial charge in [-0.05, 0) is 60.6 Å². The number of benzene rings is 2. The molecule has 27 heavy (non-hydrogen) atoms. The van der Waals surface area contributed by atoms with Crippen molar-refractivity contribution in [2.24, 2.45) is 0 Å². The SMILES string of the molecule is O=C(O)COc1cccc2c1CCCC2CNS(=O)(=O)c1cccc(Cl)c1. The maximum absolute atomic E-state index is 12.5. The lowest BCUT2D eigenvalue weighted by Crippen LogP contribution is -2.30. The van der Waals surface area contributed by atoms with Crippen molar-refractivity contribution in [2.45, 2.75) is 30.1 Å². The van der Waals surface area contributed by atoms with E-state index in [9.17, 15) is 13.2 Å².